The van der Waals surface area contributed by atoms with Gasteiger partial charge in [-0.15, -0.1) is 0 Å². The lowest BCUT2D eigenvalue weighted by Gasteiger charge is -2.26. The van der Waals surface area contributed by atoms with E-state index in [4.69, 9.17) is 0 Å². The van der Waals surface area contributed by atoms with Gasteiger partial charge in [0.2, 0.25) is 0 Å². The largest absolute Gasteiger partial charge is 0.308 e. The zero-order valence-electron chi connectivity index (χ0n) is 57.0. The summed E-state index contributed by atoms with van der Waals surface area (Å²) >= 11 is 0. The Bertz CT molecular complexity index is 5780. The highest BCUT2D eigenvalue weighted by Gasteiger charge is 2.34. The van der Waals surface area contributed by atoms with Crippen molar-refractivity contribution < 1.29 is 0 Å². The lowest BCUT2D eigenvalue weighted by Crippen LogP contribution is -2.16. The Labute approximate surface area is 562 Å². The molecule has 0 spiro atoms. The highest BCUT2D eigenvalue weighted by molar-refractivity contribution is 6.46. The average molecular weight is 1230 g/mol. The van der Waals surface area contributed by atoms with Gasteiger partial charge in [0.1, 0.15) is 0 Å². The van der Waals surface area contributed by atoms with Crippen LogP contribution in [0.4, 0.5) is 0 Å². The minimum absolute atomic E-state index is 0.0463. The van der Waals surface area contributed by atoms with Gasteiger partial charge >= 0.3 is 0 Å². The first kappa shape index (κ1) is 57.0. The van der Waals surface area contributed by atoms with Gasteiger partial charge in [0.25, 0.3) is 0 Å². The molecule has 4 aromatic heterocycles. The van der Waals surface area contributed by atoms with E-state index in [1.54, 1.807) is 0 Å². The van der Waals surface area contributed by atoms with Gasteiger partial charge in [0, 0.05) is 43.1 Å². The van der Waals surface area contributed by atoms with Crippen LogP contribution in [0.1, 0.15) is 105 Å². The Morgan fingerprint density at radius 1 is 0.188 bits per heavy atom. The molecule has 0 radical (unpaired) electrons. The molecule has 13 aromatic carbocycles. The van der Waals surface area contributed by atoms with Crippen LogP contribution >= 0.6 is 0 Å². The maximum atomic E-state index is 2.73. The molecule has 0 atom stereocenters. The average Bonchev–Trinajstić information content (AvgIpc) is 1.48. The number of hydrogen-bond acceptors (Lipinski definition) is 0. The molecule has 0 saturated heterocycles. The van der Waals surface area contributed by atoms with Crippen molar-refractivity contribution >= 4 is 76.2 Å². The van der Waals surface area contributed by atoms with Crippen LogP contribution in [0.5, 0.6) is 0 Å². The molecular weight excluding hydrogens is 1160 g/mol. The quantitative estimate of drug-likeness (QED) is 0.163. The zero-order valence-corrected chi connectivity index (χ0v) is 57.0. The summed E-state index contributed by atoms with van der Waals surface area (Å²) in [5.41, 5.74) is 37.5. The number of hydrogen-bond donors (Lipinski definition) is 0. The Hall–Kier alpha value is -10.5. The first-order valence-electron chi connectivity index (χ1n) is 34.6. The van der Waals surface area contributed by atoms with E-state index in [2.05, 4.69) is 335 Å². The summed E-state index contributed by atoms with van der Waals surface area (Å²) in [4.78, 5) is 0. The summed E-state index contributed by atoms with van der Waals surface area (Å²) < 4.78 is 5.40. The van der Waals surface area contributed by atoms with E-state index in [9.17, 15) is 0 Å². The van der Waals surface area contributed by atoms with Crippen LogP contribution in [0, 0.1) is 0 Å². The second kappa shape index (κ2) is 19.6. The summed E-state index contributed by atoms with van der Waals surface area (Å²) in [5, 5.41) is 10.3. The van der Waals surface area contributed by atoms with E-state index in [0.29, 0.717) is 0 Å². The van der Waals surface area contributed by atoms with Crippen molar-refractivity contribution in [1.82, 2.24) is 8.80 Å². The summed E-state index contributed by atoms with van der Waals surface area (Å²) in [6.45, 7) is 28.3. The monoisotopic (exact) mass is 1230 g/mol. The Morgan fingerprint density at radius 2 is 0.406 bits per heavy atom. The van der Waals surface area contributed by atoms with Gasteiger partial charge < -0.3 is 8.80 Å². The third kappa shape index (κ3) is 8.05. The van der Waals surface area contributed by atoms with Gasteiger partial charge in [-0.25, -0.2) is 0 Å². The summed E-state index contributed by atoms with van der Waals surface area (Å²) in [6.07, 6.45) is 0. The summed E-state index contributed by atoms with van der Waals surface area (Å²) in [6, 6.07) is 94.9. The fraction of sp³-hybridized carbons (Fsp3) is 0.170. The minimum Gasteiger partial charge on any atom is -0.308 e. The predicted octanol–water partition coefficient (Wildman–Crippen LogP) is 26.5. The molecule has 0 fully saturated rings. The normalized spacial score (nSPS) is 13.2. The van der Waals surface area contributed by atoms with E-state index in [1.165, 1.54) is 210 Å². The van der Waals surface area contributed by atoms with Crippen LogP contribution in [-0.4, -0.2) is 8.80 Å². The van der Waals surface area contributed by atoms with Crippen molar-refractivity contribution in [2.75, 3.05) is 0 Å². The highest BCUT2D eigenvalue weighted by atomic mass is 14.9. The number of aromatic nitrogens is 2. The van der Waals surface area contributed by atoms with Crippen molar-refractivity contribution in [3.05, 3.63) is 265 Å². The van der Waals surface area contributed by atoms with Crippen LogP contribution < -0.4 is 0 Å². The molecule has 2 heteroatoms. The first-order valence-corrected chi connectivity index (χ1v) is 34.6. The molecule has 96 heavy (non-hydrogen) atoms. The van der Waals surface area contributed by atoms with Crippen molar-refractivity contribution in [2.45, 2.75) is 105 Å². The zero-order chi connectivity index (χ0) is 65.4. The van der Waals surface area contributed by atoms with Crippen LogP contribution in [-0.2, 0) is 21.7 Å². The van der Waals surface area contributed by atoms with Crippen LogP contribution in [0.15, 0.2) is 243 Å². The fourth-order valence-electron chi connectivity index (χ4n) is 17.1. The third-order valence-corrected chi connectivity index (χ3v) is 22.1. The topological polar surface area (TPSA) is 8.82 Å². The molecule has 0 saturated carbocycles. The summed E-state index contributed by atoms with van der Waals surface area (Å²) in [5.74, 6) is 0. The van der Waals surface area contributed by atoms with E-state index >= 15 is 0 Å². The van der Waals surface area contributed by atoms with Crippen molar-refractivity contribution in [3.63, 3.8) is 0 Å². The standard InChI is InChI=1S/C94H76N2/c1-91(2,3)57-41-55(42-58(47-57)92(4,5)6)53-37-39-81-77(45-53)85-87-79-49-73-69-33-21-17-29-65(69)61-25-13-15-27-63(61)67-31-19-23-35-71(67)75(73)51-83(79)96-84-52-76-72-36-24-20-32-68(72)64-28-16-14-26-62(64)66-30-18-22-34-70(66)74(76)50-80(84)88(90(87)96)86-78-46-54(38-40-82(78)95(81)89(85)86)56-43-59(93(7,8)9)48-60(44-56)94(10,11)12/h13-52H,1-12H3. The SMILES string of the molecule is CC(C)(C)c1cc(-c2ccc3c(c2)c2c4c5cc6c(cc5n5c7cc8c(cc7c(c7c9cc(-c%10cc(C(C)(C)C)cc(C(C)(C)C)c%10)ccc9n3c27)c45)-c2ccccc2-c2ccccc2-c2ccccc2-8)-c2ccccc2-c2ccccc2-c2ccccc2-6)cc(C(C)(C)C)c1. The van der Waals surface area contributed by atoms with E-state index in [1.807, 2.05) is 0 Å². The Balaban J connectivity index is 1.05. The van der Waals surface area contributed by atoms with Crippen LogP contribution in [0.3, 0.4) is 0 Å². The molecule has 0 bridgehead atoms. The second-order valence-electron chi connectivity index (χ2n) is 32.0. The molecule has 0 unspecified atom stereocenters. The third-order valence-electron chi connectivity index (χ3n) is 22.1. The molecule has 4 heterocycles. The Morgan fingerprint density at radius 3 is 0.656 bits per heavy atom. The number of nitrogens with zero attached hydrogens (tertiary/aromatic N) is 2. The van der Waals surface area contributed by atoms with E-state index < -0.39 is 0 Å². The minimum atomic E-state index is -0.0463. The van der Waals surface area contributed by atoms with E-state index in [-0.39, 0.29) is 21.7 Å². The number of rotatable bonds is 2. The molecule has 0 N–H and O–H groups in total. The van der Waals surface area contributed by atoms with Gasteiger partial charge in [-0.2, -0.15) is 0 Å². The molecule has 2 aliphatic rings. The first-order chi connectivity index (χ1) is 46.2. The van der Waals surface area contributed by atoms with E-state index in [0.717, 1.165) is 0 Å². The smallest absolute Gasteiger partial charge is 0.0634 e. The Kier molecular flexibility index (Phi) is 11.6. The molecule has 462 valence electrons. The van der Waals surface area contributed by atoms with Gasteiger partial charge in [-0.3, -0.25) is 0 Å². The van der Waals surface area contributed by atoms with Gasteiger partial charge in [0.05, 0.1) is 33.1 Å². The molecule has 0 amide bonds. The number of fused-ring (bicyclic) bond motifs is 30. The van der Waals surface area contributed by atoms with Crippen LogP contribution in [0.25, 0.3) is 187 Å². The molecule has 2 nitrogen and oxygen atoms in total. The maximum Gasteiger partial charge on any atom is 0.0634 e. The van der Waals surface area contributed by atoms with Crippen molar-refractivity contribution in [2.24, 2.45) is 0 Å². The second-order valence-corrected chi connectivity index (χ2v) is 32.0. The molecule has 17 aromatic rings. The molecule has 2 aliphatic carbocycles. The predicted molar refractivity (Wildman–Crippen MR) is 412 cm³/mol. The molecular formula is C94H76N2. The summed E-state index contributed by atoms with van der Waals surface area (Å²) in [7, 11) is 0. The van der Waals surface area contributed by atoms with Crippen molar-refractivity contribution in [3.8, 4) is 111 Å². The van der Waals surface area contributed by atoms with Gasteiger partial charge in [0.15, 0.2) is 0 Å². The van der Waals surface area contributed by atoms with Gasteiger partial charge in [-0.1, -0.05) is 277 Å². The van der Waals surface area contributed by atoms with Gasteiger partial charge in [-0.05, 0) is 204 Å². The van der Waals surface area contributed by atoms with Crippen LogP contribution in [0.2, 0.25) is 0 Å². The lowest BCUT2D eigenvalue weighted by atomic mass is 9.79. The lowest BCUT2D eigenvalue weighted by molar-refractivity contribution is 0.568. The fourth-order valence-corrected chi connectivity index (χ4v) is 17.1. The molecule has 19 rings (SSSR count). The molecule has 0 aliphatic heterocycles. The maximum absolute atomic E-state index is 2.73. The van der Waals surface area contributed by atoms with Crippen molar-refractivity contribution in [1.29, 1.82) is 0 Å². The highest BCUT2D eigenvalue weighted by Crippen LogP contribution is 2.58. The number of benzene rings is 13.